The highest BCUT2D eigenvalue weighted by Gasteiger charge is 2.51. The molecule has 2 aromatic rings. The zero-order valence-electron chi connectivity index (χ0n) is 17.6. The van der Waals surface area contributed by atoms with E-state index in [1.54, 1.807) is 23.1 Å². The van der Waals surface area contributed by atoms with Crippen molar-refractivity contribution in [1.29, 1.82) is 0 Å². The Kier molecular flexibility index (Phi) is 5.92. The number of likely N-dealkylation sites (N-methyl/N-ethyl adjacent to an activating group) is 1. The molecule has 0 spiro atoms. The maximum atomic E-state index is 13.4. The number of halogens is 3. The van der Waals surface area contributed by atoms with Crippen molar-refractivity contribution in [2.24, 2.45) is 5.41 Å². The van der Waals surface area contributed by atoms with Gasteiger partial charge in [-0.1, -0.05) is 13.8 Å². The number of anilines is 1. The van der Waals surface area contributed by atoms with Gasteiger partial charge in [0.05, 0.1) is 23.9 Å². The number of carbonyl (C=O) groups is 2. The maximum absolute atomic E-state index is 13.4. The average molecular weight is 441 g/mol. The molecule has 1 aliphatic heterocycles. The van der Waals surface area contributed by atoms with E-state index in [9.17, 15) is 22.8 Å². The molecule has 1 saturated heterocycles. The molecule has 0 aromatic carbocycles. The number of hydrogen-bond donors (Lipinski definition) is 2. The van der Waals surface area contributed by atoms with Crippen LogP contribution >= 0.6 is 0 Å². The first-order chi connectivity index (χ1) is 14.4. The topological polar surface area (TPSA) is 90.2 Å². The molecule has 11 heteroatoms. The molecular formula is C20H26F3N5O3. The minimum Gasteiger partial charge on any atom is -0.395 e. The molecule has 2 amide bonds. The van der Waals surface area contributed by atoms with Gasteiger partial charge in [-0.2, -0.15) is 13.2 Å². The molecule has 3 rings (SSSR count). The van der Waals surface area contributed by atoms with Gasteiger partial charge in [-0.05, 0) is 18.6 Å². The highest BCUT2D eigenvalue weighted by Crippen LogP contribution is 2.40. The van der Waals surface area contributed by atoms with Crippen molar-refractivity contribution >= 4 is 23.7 Å². The molecule has 0 bridgehead atoms. The number of pyridine rings is 1. The number of carbonyl (C=O) groups excluding carboxylic acids is 2. The van der Waals surface area contributed by atoms with Crippen molar-refractivity contribution in [2.75, 3.05) is 38.2 Å². The summed E-state index contributed by atoms with van der Waals surface area (Å²) in [6.07, 6.45) is -0.793. The first-order valence-electron chi connectivity index (χ1n) is 9.83. The number of imidazole rings is 1. The molecule has 8 nitrogen and oxygen atoms in total. The summed E-state index contributed by atoms with van der Waals surface area (Å²) in [5, 5.41) is 11.8. The number of aliphatic hydroxyl groups is 1. The number of aromatic nitrogens is 2. The lowest BCUT2D eigenvalue weighted by Gasteiger charge is -2.51. The Morgan fingerprint density at radius 3 is 2.68 bits per heavy atom. The number of nitrogens with zero attached hydrogens (tertiary/aromatic N) is 4. The second-order valence-electron chi connectivity index (χ2n) is 8.51. The normalized spacial score (nSPS) is 21.2. The molecular weight excluding hydrogens is 415 g/mol. The van der Waals surface area contributed by atoms with E-state index in [0.717, 1.165) is 12.1 Å². The van der Waals surface area contributed by atoms with Crippen LogP contribution in [0.4, 0.5) is 23.8 Å². The summed E-state index contributed by atoms with van der Waals surface area (Å²) < 4.78 is 41.8. The van der Waals surface area contributed by atoms with Crippen LogP contribution in [0.2, 0.25) is 0 Å². The third kappa shape index (κ3) is 4.18. The lowest BCUT2D eigenvalue weighted by Crippen LogP contribution is -2.68. The number of aliphatic hydroxyl groups excluding tert-OH is 1. The highest BCUT2D eigenvalue weighted by molar-refractivity contribution is 5.81. The largest absolute Gasteiger partial charge is 0.416 e. The van der Waals surface area contributed by atoms with Crippen molar-refractivity contribution in [1.82, 2.24) is 19.6 Å². The number of rotatable bonds is 5. The summed E-state index contributed by atoms with van der Waals surface area (Å²) >= 11 is 0. The fourth-order valence-corrected chi connectivity index (χ4v) is 3.98. The van der Waals surface area contributed by atoms with Crippen molar-refractivity contribution in [3.63, 3.8) is 0 Å². The number of piperidine rings is 1. The standard InChI is InChI=1S/C20H26F3N5O3/c1-18(2)11-27(5-4-19(18,12-30)25-17(31)26(3)6-7-29)16-9-14(20(21,22)23)8-15-10-24-13-28(15)16/h8-10,12-13,29H,4-7,11H2,1-3H3,(H,25,31). The van der Waals surface area contributed by atoms with Crippen LogP contribution in [0.25, 0.3) is 5.52 Å². The molecule has 1 fully saturated rings. The zero-order valence-corrected chi connectivity index (χ0v) is 17.6. The van der Waals surface area contributed by atoms with E-state index in [1.807, 2.05) is 0 Å². The Hall–Kier alpha value is -2.82. The number of hydrogen-bond acceptors (Lipinski definition) is 5. The number of alkyl halides is 3. The quantitative estimate of drug-likeness (QED) is 0.694. The molecule has 31 heavy (non-hydrogen) atoms. The van der Waals surface area contributed by atoms with Gasteiger partial charge in [0.25, 0.3) is 0 Å². The van der Waals surface area contributed by atoms with Crippen molar-refractivity contribution in [3.05, 3.63) is 30.2 Å². The number of urea groups is 1. The first kappa shape index (κ1) is 22.9. The van der Waals surface area contributed by atoms with Gasteiger partial charge in [-0.25, -0.2) is 9.78 Å². The lowest BCUT2D eigenvalue weighted by molar-refractivity contribution is -0.137. The van der Waals surface area contributed by atoms with E-state index in [-0.39, 0.29) is 32.7 Å². The van der Waals surface area contributed by atoms with Crippen LogP contribution in [-0.2, 0) is 11.0 Å². The van der Waals surface area contributed by atoms with Gasteiger partial charge in [-0.15, -0.1) is 0 Å². The summed E-state index contributed by atoms with van der Waals surface area (Å²) in [5.74, 6) is 0.318. The van der Waals surface area contributed by atoms with Crippen LogP contribution in [0.5, 0.6) is 0 Å². The molecule has 2 N–H and O–H groups in total. The van der Waals surface area contributed by atoms with Gasteiger partial charge in [0, 0.05) is 32.1 Å². The molecule has 3 heterocycles. The van der Waals surface area contributed by atoms with Crippen LogP contribution in [0, 0.1) is 5.41 Å². The molecule has 170 valence electrons. The smallest absolute Gasteiger partial charge is 0.395 e. The Labute approximate surface area is 177 Å². The van der Waals surface area contributed by atoms with Gasteiger partial charge in [0.2, 0.25) is 0 Å². The second-order valence-corrected chi connectivity index (χ2v) is 8.51. The second kappa shape index (κ2) is 8.03. The van der Waals surface area contributed by atoms with Gasteiger partial charge >= 0.3 is 12.2 Å². The SMILES string of the molecule is CN(CCO)C(=O)NC1(C=O)CCN(c2cc(C(F)(F)F)cc3cncn23)CC1(C)C. The van der Waals surface area contributed by atoms with Crippen LogP contribution < -0.4 is 10.2 Å². The Balaban J connectivity index is 1.93. The minimum atomic E-state index is -4.51. The highest BCUT2D eigenvalue weighted by atomic mass is 19.4. The average Bonchev–Trinajstić information content (AvgIpc) is 3.16. The molecule has 1 aliphatic rings. The Bertz CT molecular complexity index is 975. The van der Waals surface area contributed by atoms with E-state index in [1.165, 1.54) is 24.5 Å². The number of amides is 2. The summed E-state index contributed by atoms with van der Waals surface area (Å²) in [6, 6.07) is 1.61. The fraction of sp³-hybridized carbons (Fsp3) is 0.550. The monoisotopic (exact) mass is 441 g/mol. The maximum Gasteiger partial charge on any atom is 0.416 e. The molecule has 0 saturated carbocycles. The van der Waals surface area contributed by atoms with E-state index < -0.39 is 28.7 Å². The summed E-state index contributed by atoms with van der Waals surface area (Å²) in [4.78, 5) is 31.7. The van der Waals surface area contributed by atoms with Gasteiger partial charge < -0.3 is 25.0 Å². The molecule has 0 radical (unpaired) electrons. The third-order valence-corrected chi connectivity index (χ3v) is 6.04. The van der Waals surface area contributed by atoms with Gasteiger partial charge in [0.15, 0.2) is 0 Å². The summed E-state index contributed by atoms with van der Waals surface area (Å²) in [7, 11) is 1.50. The van der Waals surface area contributed by atoms with Crippen LogP contribution in [-0.4, -0.2) is 70.5 Å². The van der Waals surface area contributed by atoms with Gasteiger partial charge in [-0.3, -0.25) is 4.40 Å². The molecule has 1 unspecified atom stereocenters. The zero-order chi connectivity index (χ0) is 23.0. The van der Waals surface area contributed by atoms with E-state index >= 15 is 0 Å². The number of fused-ring (bicyclic) bond motifs is 1. The van der Waals surface area contributed by atoms with Crippen molar-refractivity contribution < 1.29 is 27.9 Å². The van der Waals surface area contributed by atoms with Crippen LogP contribution in [0.15, 0.2) is 24.7 Å². The Morgan fingerprint density at radius 1 is 1.39 bits per heavy atom. The van der Waals surface area contributed by atoms with Crippen molar-refractivity contribution in [2.45, 2.75) is 32.0 Å². The van der Waals surface area contributed by atoms with Gasteiger partial charge in [0.1, 0.15) is 24.0 Å². The van der Waals surface area contributed by atoms with Crippen LogP contribution in [0.1, 0.15) is 25.8 Å². The number of aldehydes is 1. The number of nitrogens with one attached hydrogen (secondary N) is 1. The fourth-order valence-electron chi connectivity index (χ4n) is 3.98. The van der Waals surface area contributed by atoms with Crippen LogP contribution in [0.3, 0.4) is 0 Å². The predicted molar refractivity (Wildman–Crippen MR) is 108 cm³/mol. The first-order valence-corrected chi connectivity index (χ1v) is 9.83. The third-order valence-electron chi connectivity index (χ3n) is 6.04. The van der Waals surface area contributed by atoms with E-state index in [0.29, 0.717) is 17.6 Å². The van der Waals surface area contributed by atoms with E-state index in [2.05, 4.69) is 10.3 Å². The lowest BCUT2D eigenvalue weighted by atomic mass is 9.68. The molecule has 0 aliphatic carbocycles. The molecule has 1 atom stereocenters. The van der Waals surface area contributed by atoms with Crippen molar-refractivity contribution in [3.8, 4) is 0 Å². The summed E-state index contributed by atoms with van der Waals surface area (Å²) in [6.45, 7) is 3.95. The van der Waals surface area contributed by atoms with E-state index in [4.69, 9.17) is 5.11 Å². The summed E-state index contributed by atoms with van der Waals surface area (Å²) in [5.41, 5.74) is -2.47. The minimum absolute atomic E-state index is 0.107. The molecule has 2 aromatic heterocycles. The Morgan fingerprint density at radius 2 is 2.10 bits per heavy atom. The predicted octanol–water partition coefficient (Wildman–Crippen LogP) is 2.16.